The minimum absolute atomic E-state index is 0.0310. The van der Waals surface area contributed by atoms with Gasteiger partial charge in [0.15, 0.2) is 0 Å². The summed E-state index contributed by atoms with van der Waals surface area (Å²) in [6.07, 6.45) is 1.74. The molecule has 28 heavy (non-hydrogen) atoms. The molecule has 0 saturated carbocycles. The summed E-state index contributed by atoms with van der Waals surface area (Å²) < 4.78 is 5.60. The fourth-order valence-electron chi connectivity index (χ4n) is 3.92. The number of nitrogens with one attached hydrogen (secondary N) is 1. The van der Waals surface area contributed by atoms with E-state index in [4.69, 9.17) is 16.3 Å². The molecule has 1 unspecified atom stereocenters. The molecule has 4 nitrogen and oxygen atoms in total. The van der Waals surface area contributed by atoms with Crippen LogP contribution in [0.4, 0.5) is 0 Å². The molecule has 1 atom stereocenters. The number of benzene rings is 2. The normalized spacial score (nSPS) is 17.3. The minimum atomic E-state index is -0.303. The number of ether oxygens (including phenoxy) is 1. The summed E-state index contributed by atoms with van der Waals surface area (Å²) in [4.78, 5) is 15.3. The first-order valence-corrected chi connectivity index (χ1v) is 10.3. The molecular weight excluding hydrogens is 372 g/mol. The molecule has 3 rings (SSSR count). The molecule has 1 N–H and O–H groups in total. The molecule has 0 aromatic heterocycles. The highest BCUT2D eigenvalue weighted by Gasteiger charge is 2.36. The third kappa shape index (κ3) is 4.75. The number of amides is 1. The zero-order chi connectivity index (χ0) is 20.0. The molecule has 1 amide bonds. The van der Waals surface area contributed by atoms with Crippen molar-refractivity contribution in [3.05, 3.63) is 70.7 Å². The van der Waals surface area contributed by atoms with Crippen LogP contribution >= 0.6 is 11.6 Å². The molecule has 0 spiro atoms. The van der Waals surface area contributed by atoms with E-state index in [1.807, 2.05) is 55.6 Å². The van der Waals surface area contributed by atoms with Gasteiger partial charge in [0.05, 0.1) is 0 Å². The van der Waals surface area contributed by atoms with E-state index in [2.05, 4.69) is 23.2 Å². The van der Waals surface area contributed by atoms with Crippen LogP contribution in [0.15, 0.2) is 54.6 Å². The fraction of sp³-hybridized carbons (Fsp3) is 0.435. The summed E-state index contributed by atoms with van der Waals surface area (Å²) in [6, 6.07) is 17.6. The largest absolute Gasteiger partial charge is 0.381 e. The fourth-order valence-corrected chi connectivity index (χ4v) is 4.12. The smallest absolute Gasteiger partial charge is 0.241 e. The predicted molar refractivity (Wildman–Crippen MR) is 114 cm³/mol. The number of carbonyl (C=O) groups is 1. The van der Waals surface area contributed by atoms with E-state index in [-0.39, 0.29) is 17.4 Å². The Morgan fingerprint density at radius 1 is 1.18 bits per heavy atom. The second-order valence-corrected chi connectivity index (χ2v) is 7.94. The van der Waals surface area contributed by atoms with Gasteiger partial charge >= 0.3 is 0 Å². The number of hydrogen-bond acceptors (Lipinski definition) is 3. The number of likely N-dealkylation sites (N-methyl/N-ethyl adjacent to an activating group) is 1. The quantitative estimate of drug-likeness (QED) is 0.757. The minimum Gasteiger partial charge on any atom is -0.381 e. The topological polar surface area (TPSA) is 41.6 Å². The van der Waals surface area contributed by atoms with Crippen LogP contribution in [0.5, 0.6) is 0 Å². The Kier molecular flexibility index (Phi) is 7.11. The van der Waals surface area contributed by atoms with E-state index in [0.717, 1.165) is 30.0 Å². The van der Waals surface area contributed by atoms with Crippen LogP contribution < -0.4 is 5.32 Å². The molecule has 1 aliphatic rings. The maximum absolute atomic E-state index is 13.2. The monoisotopic (exact) mass is 400 g/mol. The highest BCUT2D eigenvalue weighted by molar-refractivity contribution is 6.30. The van der Waals surface area contributed by atoms with Crippen LogP contribution in [0.2, 0.25) is 5.02 Å². The van der Waals surface area contributed by atoms with Crippen molar-refractivity contribution in [2.75, 3.05) is 33.4 Å². The van der Waals surface area contributed by atoms with Gasteiger partial charge in [-0.05, 0) is 49.7 Å². The number of hydrogen-bond donors (Lipinski definition) is 1. The SMILES string of the molecule is CCN(C)C(C(=O)NCC1(c2cccc(Cl)c2)CCOCC1)c1ccccc1. The van der Waals surface area contributed by atoms with Gasteiger partial charge in [-0.25, -0.2) is 0 Å². The maximum atomic E-state index is 13.2. The lowest BCUT2D eigenvalue weighted by molar-refractivity contribution is -0.126. The molecule has 0 aliphatic carbocycles. The van der Waals surface area contributed by atoms with Gasteiger partial charge < -0.3 is 10.1 Å². The van der Waals surface area contributed by atoms with Gasteiger partial charge in [0, 0.05) is 30.2 Å². The summed E-state index contributed by atoms with van der Waals surface area (Å²) in [6.45, 7) is 4.82. The van der Waals surface area contributed by atoms with Crippen molar-refractivity contribution in [2.45, 2.75) is 31.2 Å². The number of rotatable bonds is 7. The van der Waals surface area contributed by atoms with Crippen LogP contribution in [0, 0.1) is 0 Å². The van der Waals surface area contributed by atoms with Crippen molar-refractivity contribution in [1.82, 2.24) is 10.2 Å². The van der Waals surface area contributed by atoms with Crippen molar-refractivity contribution in [2.24, 2.45) is 0 Å². The van der Waals surface area contributed by atoms with Gasteiger partial charge in [0.1, 0.15) is 6.04 Å². The Balaban J connectivity index is 1.81. The molecule has 150 valence electrons. The summed E-state index contributed by atoms with van der Waals surface area (Å²) >= 11 is 6.25. The first-order valence-electron chi connectivity index (χ1n) is 9.92. The Morgan fingerprint density at radius 3 is 2.54 bits per heavy atom. The van der Waals surface area contributed by atoms with Gasteiger partial charge in [-0.15, -0.1) is 0 Å². The summed E-state index contributed by atoms with van der Waals surface area (Å²) in [5, 5.41) is 3.97. The van der Waals surface area contributed by atoms with E-state index in [0.29, 0.717) is 19.8 Å². The van der Waals surface area contributed by atoms with E-state index in [9.17, 15) is 4.79 Å². The van der Waals surface area contributed by atoms with Gasteiger partial charge in [0.25, 0.3) is 0 Å². The molecule has 1 fully saturated rings. The van der Waals surface area contributed by atoms with Crippen LogP contribution in [-0.2, 0) is 14.9 Å². The molecule has 2 aromatic rings. The summed E-state index contributed by atoms with van der Waals surface area (Å²) in [5.74, 6) is 0.0310. The first kappa shape index (κ1) is 20.8. The Morgan fingerprint density at radius 2 is 1.89 bits per heavy atom. The second kappa shape index (κ2) is 9.55. The van der Waals surface area contributed by atoms with Crippen LogP contribution in [0.3, 0.4) is 0 Å². The predicted octanol–water partition coefficient (Wildman–Crippen LogP) is 4.20. The van der Waals surface area contributed by atoms with Crippen LogP contribution in [0.1, 0.15) is 36.9 Å². The van der Waals surface area contributed by atoms with E-state index < -0.39 is 0 Å². The van der Waals surface area contributed by atoms with Crippen molar-refractivity contribution in [3.8, 4) is 0 Å². The lowest BCUT2D eigenvalue weighted by Crippen LogP contribution is -2.47. The molecule has 0 bridgehead atoms. The van der Waals surface area contributed by atoms with Crippen LogP contribution in [-0.4, -0.2) is 44.2 Å². The van der Waals surface area contributed by atoms with Crippen molar-refractivity contribution >= 4 is 17.5 Å². The zero-order valence-electron chi connectivity index (χ0n) is 16.7. The van der Waals surface area contributed by atoms with Gasteiger partial charge in [-0.2, -0.15) is 0 Å². The molecular formula is C23H29ClN2O2. The highest BCUT2D eigenvalue weighted by Crippen LogP contribution is 2.35. The summed E-state index contributed by atoms with van der Waals surface area (Å²) in [7, 11) is 1.98. The van der Waals surface area contributed by atoms with Crippen molar-refractivity contribution in [3.63, 3.8) is 0 Å². The molecule has 2 aromatic carbocycles. The lowest BCUT2D eigenvalue weighted by atomic mass is 9.74. The zero-order valence-corrected chi connectivity index (χ0v) is 17.4. The third-order valence-corrected chi connectivity index (χ3v) is 6.03. The first-order chi connectivity index (χ1) is 13.6. The van der Waals surface area contributed by atoms with Crippen LogP contribution in [0.25, 0.3) is 0 Å². The third-order valence-electron chi connectivity index (χ3n) is 5.79. The molecule has 1 aliphatic heterocycles. The molecule has 0 radical (unpaired) electrons. The molecule has 1 heterocycles. The summed E-state index contributed by atoms with van der Waals surface area (Å²) in [5.41, 5.74) is 2.03. The number of nitrogens with zero attached hydrogens (tertiary/aromatic N) is 1. The number of halogens is 1. The van der Waals surface area contributed by atoms with Gasteiger partial charge in [-0.1, -0.05) is 61.0 Å². The van der Waals surface area contributed by atoms with E-state index >= 15 is 0 Å². The average molecular weight is 401 g/mol. The lowest BCUT2D eigenvalue weighted by Gasteiger charge is -2.38. The van der Waals surface area contributed by atoms with Crippen molar-refractivity contribution < 1.29 is 9.53 Å². The Hall–Kier alpha value is -1.88. The second-order valence-electron chi connectivity index (χ2n) is 7.51. The highest BCUT2D eigenvalue weighted by atomic mass is 35.5. The molecule has 5 heteroatoms. The average Bonchev–Trinajstić information content (AvgIpc) is 2.74. The van der Waals surface area contributed by atoms with E-state index in [1.54, 1.807) is 0 Å². The van der Waals surface area contributed by atoms with Gasteiger partial charge in [0.2, 0.25) is 5.91 Å². The standard InChI is InChI=1S/C23H29ClN2O2/c1-3-26(2)21(18-8-5-4-6-9-18)22(27)25-17-23(12-14-28-15-13-23)19-10-7-11-20(24)16-19/h4-11,16,21H,3,12-15,17H2,1-2H3,(H,25,27). The number of carbonyl (C=O) groups excluding carboxylic acids is 1. The van der Waals surface area contributed by atoms with E-state index in [1.165, 1.54) is 5.56 Å². The Labute approximate surface area is 172 Å². The Bertz CT molecular complexity index is 775. The van der Waals surface area contributed by atoms with Gasteiger partial charge in [-0.3, -0.25) is 9.69 Å². The molecule has 1 saturated heterocycles. The van der Waals surface area contributed by atoms with Crippen molar-refractivity contribution in [1.29, 1.82) is 0 Å². The maximum Gasteiger partial charge on any atom is 0.241 e.